The molecule has 0 atom stereocenters. The molecule has 0 radical (unpaired) electrons. The Bertz CT molecular complexity index is 905. The number of nitrogens with zero attached hydrogens (tertiary/aromatic N) is 2. The highest BCUT2D eigenvalue weighted by Crippen LogP contribution is 2.19. The van der Waals surface area contributed by atoms with Crippen LogP contribution in [0.25, 0.3) is 17.5 Å². The smallest absolute Gasteiger partial charge is 0.331 e. The van der Waals surface area contributed by atoms with Gasteiger partial charge in [-0.05, 0) is 54.3 Å². The Morgan fingerprint density at radius 2 is 1.92 bits per heavy atom. The van der Waals surface area contributed by atoms with Gasteiger partial charge in [-0.3, -0.25) is 0 Å². The number of carbonyl (C=O) groups is 1. The molecule has 0 saturated heterocycles. The summed E-state index contributed by atoms with van der Waals surface area (Å²) in [6.07, 6.45) is 5.07. The van der Waals surface area contributed by atoms with E-state index in [9.17, 15) is 4.79 Å². The molecular formula is C19H15ClN2O3S. The number of benzene rings is 2. The first-order chi connectivity index (χ1) is 12.6. The number of hydrogen-bond donors (Lipinski definition) is 0. The maximum atomic E-state index is 11.8. The molecule has 0 aliphatic carbocycles. The van der Waals surface area contributed by atoms with Crippen molar-refractivity contribution < 1.29 is 14.1 Å². The summed E-state index contributed by atoms with van der Waals surface area (Å²) in [6.45, 7) is -0.0881. The molecule has 0 N–H and O–H groups in total. The first-order valence-electron chi connectivity index (χ1n) is 7.71. The van der Waals surface area contributed by atoms with E-state index in [-0.39, 0.29) is 12.5 Å². The number of thioether (sulfide) groups is 1. The van der Waals surface area contributed by atoms with E-state index >= 15 is 0 Å². The molecule has 0 aliphatic rings. The number of aromatic nitrogens is 2. The third-order valence-electron chi connectivity index (χ3n) is 3.44. The summed E-state index contributed by atoms with van der Waals surface area (Å²) in [5, 5.41) is 4.49. The third kappa shape index (κ3) is 4.97. The van der Waals surface area contributed by atoms with Crippen molar-refractivity contribution >= 4 is 35.4 Å². The van der Waals surface area contributed by atoms with Crippen LogP contribution >= 0.6 is 23.4 Å². The number of rotatable bonds is 6. The Hall–Kier alpha value is -2.57. The zero-order valence-electron chi connectivity index (χ0n) is 13.9. The average Bonchev–Trinajstić information content (AvgIpc) is 3.14. The quantitative estimate of drug-likeness (QED) is 0.342. The van der Waals surface area contributed by atoms with Crippen molar-refractivity contribution in [3.63, 3.8) is 0 Å². The Morgan fingerprint density at radius 1 is 1.19 bits per heavy atom. The van der Waals surface area contributed by atoms with Crippen molar-refractivity contribution in [2.45, 2.75) is 11.5 Å². The summed E-state index contributed by atoms with van der Waals surface area (Å²) < 4.78 is 10.2. The van der Waals surface area contributed by atoms with Crippen LogP contribution in [0.2, 0.25) is 5.02 Å². The van der Waals surface area contributed by atoms with E-state index in [4.69, 9.17) is 20.9 Å². The third-order valence-corrected chi connectivity index (χ3v) is 4.43. The highest BCUT2D eigenvalue weighted by molar-refractivity contribution is 7.98. The molecule has 1 heterocycles. The van der Waals surface area contributed by atoms with Crippen molar-refractivity contribution in [3.05, 3.63) is 71.1 Å². The molecule has 0 fully saturated rings. The Labute approximate surface area is 160 Å². The molecular weight excluding hydrogens is 372 g/mol. The predicted octanol–water partition coefficient (Wildman–Crippen LogP) is 4.87. The van der Waals surface area contributed by atoms with E-state index in [1.54, 1.807) is 42.1 Å². The average molecular weight is 387 g/mol. The van der Waals surface area contributed by atoms with E-state index in [0.717, 1.165) is 16.0 Å². The number of carbonyl (C=O) groups excluding carboxylic acids is 1. The standard InChI is InChI=1S/C19H15ClN2O3S/c1-26-16-9-2-13(3-10-16)4-11-18(23)24-12-17-21-19(22-25-17)14-5-7-15(20)8-6-14/h2-11H,12H2,1H3/b11-4+. The number of halogens is 1. The minimum absolute atomic E-state index is 0.0881. The van der Waals surface area contributed by atoms with Crippen molar-refractivity contribution in [2.75, 3.05) is 6.26 Å². The van der Waals surface area contributed by atoms with Gasteiger partial charge in [0.1, 0.15) is 0 Å². The Morgan fingerprint density at radius 3 is 2.62 bits per heavy atom. The summed E-state index contributed by atoms with van der Waals surface area (Å²) in [5.41, 5.74) is 1.69. The van der Waals surface area contributed by atoms with Crippen LogP contribution in [0.5, 0.6) is 0 Å². The second kappa shape index (κ2) is 8.69. The fourth-order valence-electron chi connectivity index (χ4n) is 2.09. The predicted molar refractivity (Wildman–Crippen MR) is 102 cm³/mol. The van der Waals surface area contributed by atoms with Gasteiger partial charge in [0.15, 0.2) is 6.61 Å². The number of esters is 1. The molecule has 1 aromatic heterocycles. The van der Waals surface area contributed by atoms with Gasteiger partial charge in [-0.1, -0.05) is 28.9 Å². The Balaban J connectivity index is 1.54. The van der Waals surface area contributed by atoms with Gasteiger partial charge in [-0.25, -0.2) is 4.79 Å². The zero-order valence-corrected chi connectivity index (χ0v) is 15.5. The van der Waals surface area contributed by atoms with Crippen molar-refractivity contribution in [2.24, 2.45) is 0 Å². The topological polar surface area (TPSA) is 65.2 Å². The second-order valence-corrected chi connectivity index (χ2v) is 6.55. The molecule has 26 heavy (non-hydrogen) atoms. The van der Waals surface area contributed by atoms with Crippen LogP contribution in [0.1, 0.15) is 11.5 Å². The first-order valence-corrected chi connectivity index (χ1v) is 9.32. The van der Waals surface area contributed by atoms with Crippen LogP contribution in [0.15, 0.2) is 64.0 Å². The van der Waals surface area contributed by atoms with E-state index in [2.05, 4.69) is 10.1 Å². The van der Waals surface area contributed by atoms with E-state index in [0.29, 0.717) is 10.8 Å². The van der Waals surface area contributed by atoms with Crippen LogP contribution in [-0.4, -0.2) is 22.4 Å². The van der Waals surface area contributed by atoms with Crippen LogP contribution in [0, 0.1) is 0 Å². The Kier molecular flexibility index (Phi) is 6.09. The van der Waals surface area contributed by atoms with Crippen molar-refractivity contribution in [1.29, 1.82) is 0 Å². The monoisotopic (exact) mass is 386 g/mol. The highest BCUT2D eigenvalue weighted by Gasteiger charge is 2.10. The lowest BCUT2D eigenvalue weighted by molar-refractivity contribution is -0.139. The van der Waals surface area contributed by atoms with Crippen LogP contribution < -0.4 is 0 Å². The fourth-order valence-corrected chi connectivity index (χ4v) is 2.62. The first kappa shape index (κ1) is 18.2. The summed E-state index contributed by atoms with van der Waals surface area (Å²) >= 11 is 7.51. The van der Waals surface area contributed by atoms with Gasteiger partial charge < -0.3 is 9.26 Å². The normalized spacial score (nSPS) is 11.0. The SMILES string of the molecule is CSc1ccc(/C=C/C(=O)OCc2nc(-c3ccc(Cl)cc3)no2)cc1. The van der Waals surface area contributed by atoms with Crippen LogP contribution in [0.3, 0.4) is 0 Å². The summed E-state index contributed by atoms with van der Waals surface area (Å²) in [6, 6.07) is 14.9. The van der Waals surface area contributed by atoms with Gasteiger partial charge in [0.05, 0.1) is 0 Å². The molecule has 2 aromatic carbocycles. The molecule has 7 heteroatoms. The van der Waals surface area contributed by atoms with Crippen molar-refractivity contribution in [3.8, 4) is 11.4 Å². The molecule has 5 nitrogen and oxygen atoms in total. The van der Waals surface area contributed by atoms with Gasteiger partial charge in [-0.2, -0.15) is 4.98 Å². The van der Waals surface area contributed by atoms with E-state index in [1.165, 1.54) is 6.08 Å². The zero-order chi connectivity index (χ0) is 18.4. The van der Waals surface area contributed by atoms with Gasteiger partial charge >= 0.3 is 5.97 Å². The molecule has 0 unspecified atom stereocenters. The molecule has 3 aromatic rings. The lowest BCUT2D eigenvalue weighted by Crippen LogP contribution is -2.00. The highest BCUT2D eigenvalue weighted by atomic mass is 35.5. The number of hydrogen-bond acceptors (Lipinski definition) is 6. The lowest BCUT2D eigenvalue weighted by atomic mass is 10.2. The second-order valence-electron chi connectivity index (χ2n) is 5.23. The van der Waals surface area contributed by atoms with Crippen molar-refractivity contribution in [1.82, 2.24) is 10.1 Å². The lowest BCUT2D eigenvalue weighted by Gasteiger charge is -1.98. The minimum atomic E-state index is -0.481. The van der Waals surface area contributed by atoms with E-state index in [1.807, 2.05) is 30.5 Å². The maximum absolute atomic E-state index is 11.8. The van der Waals surface area contributed by atoms with Gasteiger partial charge in [0.2, 0.25) is 5.82 Å². The number of ether oxygens (including phenoxy) is 1. The molecule has 0 spiro atoms. The molecule has 0 saturated carbocycles. The van der Waals surface area contributed by atoms with E-state index < -0.39 is 5.97 Å². The minimum Gasteiger partial charge on any atom is -0.452 e. The molecule has 3 rings (SSSR count). The molecule has 0 aliphatic heterocycles. The fraction of sp³-hybridized carbons (Fsp3) is 0.105. The van der Waals surface area contributed by atoms with Crippen LogP contribution in [-0.2, 0) is 16.1 Å². The van der Waals surface area contributed by atoms with Gasteiger partial charge in [0, 0.05) is 21.6 Å². The molecule has 132 valence electrons. The molecule has 0 amide bonds. The van der Waals surface area contributed by atoms with Crippen LogP contribution in [0.4, 0.5) is 0 Å². The summed E-state index contributed by atoms with van der Waals surface area (Å²) in [4.78, 5) is 17.2. The maximum Gasteiger partial charge on any atom is 0.331 e. The van der Waals surface area contributed by atoms with Gasteiger partial charge in [0.25, 0.3) is 5.89 Å². The van der Waals surface area contributed by atoms with Gasteiger partial charge in [-0.15, -0.1) is 11.8 Å². The summed E-state index contributed by atoms with van der Waals surface area (Å²) in [5.74, 6) is 0.156. The largest absolute Gasteiger partial charge is 0.452 e. The molecule has 0 bridgehead atoms. The summed E-state index contributed by atoms with van der Waals surface area (Å²) in [7, 11) is 0.